The van der Waals surface area contributed by atoms with Crippen molar-refractivity contribution in [1.29, 1.82) is 0 Å². The Balaban J connectivity index is 1.28. The number of hydrogen-bond donors (Lipinski definition) is 6. The van der Waals surface area contributed by atoms with E-state index in [2.05, 4.69) is 29.9 Å². The number of aromatic nitrogens is 8. The van der Waals surface area contributed by atoms with Crippen LogP contribution >= 0.6 is 21.6 Å². The zero-order chi connectivity index (χ0) is 26.6. The number of anilines is 2. The topological polar surface area (TPSA) is 239 Å². The van der Waals surface area contributed by atoms with Gasteiger partial charge in [0.15, 0.2) is 11.3 Å². The zero-order valence-electron chi connectivity index (χ0n) is 19.6. The third kappa shape index (κ3) is 4.41. The molecule has 0 aliphatic carbocycles. The molecule has 18 heteroatoms. The number of fused-ring (bicyclic) bond motifs is 2. The highest BCUT2D eigenvalue weighted by atomic mass is 33.1. The second-order valence-electron chi connectivity index (χ2n) is 8.82. The smallest absolute Gasteiger partial charge is 0.223 e. The van der Waals surface area contributed by atoms with Gasteiger partial charge in [0.1, 0.15) is 45.7 Å². The quantitative estimate of drug-likeness (QED) is 0.119. The normalized spacial score (nSPS) is 27.7. The van der Waals surface area contributed by atoms with Crippen LogP contribution < -0.4 is 11.5 Å². The van der Waals surface area contributed by atoms with Crippen molar-refractivity contribution in [2.75, 3.05) is 24.7 Å². The Hall–Kier alpha value is -2.84. The van der Waals surface area contributed by atoms with Gasteiger partial charge in [0.2, 0.25) is 11.9 Å². The van der Waals surface area contributed by atoms with Gasteiger partial charge in [-0.3, -0.25) is 9.13 Å². The number of rotatable bonds is 7. The molecule has 0 amide bonds. The van der Waals surface area contributed by atoms with Crippen molar-refractivity contribution < 1.29 is 29.9 Å². The Labute approximate surface area is 221 Å². The van der Waals surface area contributed by atoms with Gasteiger partial charge < -0.3 is 41.4 Å². The van der Waals surface area contributed by atoms with Gasteiger partial charge >= 0.3 is 0 Å². The van der Waals surface area contributed by atoms with Crippen LogP contribution in [0.1, 0.15) is 25.3 Å². The summed E-state index contributed by atoms with van der Waals surface area (Å²) in [4.78, 5) is 26.2. The van der Waals surface area contributed by atoms with Crippen molar-refractivity contribution in [2.45, 2.75) is 59.8 Å². The highest BCUT2D eigenvalue weighted by Crippen LogP contribution is 2.42. The number of ether oxygens (including phenoxy) is 2. The fourth-order valence-corrected chi connectivity index (χ4v) is 6.57. The van der Waals surface area contributed by atoms with E-state index in [9.17, 15) is 20.4 Å². The molecule has 38 heavy (non-hydrogen) atoms. The summed E-state index contributed by atoms with van der Waals surface area (Å²) in [7, 11) is 2.46. The third-order valence-corrected chi connectivity index (χ3v) is 8.57. The minimum atomic E-state index is -0.816. The molecule has 0 bridgehead atoms. The van der Waals surface area contributed by atoms with E-state index < -0.39 is 36.9 Å². The maximum atomic E-state index is 10.1. The van der Waals surface area contributed by atoms with Gasteiger partial charge in [-0.15, -0.1) is 0 Å². The van der Waals surface area contributed by atoms with E-state index in [-0.39, 0.29) is 38.0 Å². The minimum absolute atomic E-state index is 0.0200. The van der Waals surface area contributed by atoms with Crippen LogP contribution in [0.3, 0.4) is 0 Å². The SMILES string of the molecule is Nc1nc(SSc2nc(N)nc3c2ncn3C2CC(O)C(CO)O2)c2ncn(C3CC(O)C(CO)O3)c2n1. The molecular weight excluding hydrogens is 540 g/mol. The van der Waals surface area contributed by atoms with Gasteiger partial charge in [-0.25, -0.2) is 19.9 Å². The molecule has 202 valence electrons. The van der Waals surface area contributed by atoms with E-state index in [1.807, 2.05) is 0 Å². The predicted molar refractivity (Wildman–Crippen MR) is 134 cm³/mol. The number of aliphatic hydroxyl groups excluding tert-OH is 4. The second kappa shape index (κ2) is 10.0. The Morgan fingerprint density at radius 3 is 1.55 bits per heavy atom. The highest BCUT2D eigenvalue weighted by Gasteiger charge is 2.37. The van der Waals surface area contributed by atoms with Crippen LogP contribution in [0.4, 0.5) is 11.9 Å². The molecule has 8 N–H and O–H groups in total. The van der Waals surface area contributed by atoms with Crippen LogP contribution in [0.15, 0.2) is 22.7 Å². The van der Waals surface area contributed by atoms with Crippen LogP contribution in [0.25, 0.3) is 22.3 Å². The van der Waals surface area contributed by atoms with E-state index in [4.69, 9.17) is 20.9 Å². The van der Waals surface area contributed by atoms with Gasteiger partial charge in [0.05, 0.1) is 38.1 Å². The van der Waals surface area contributed by atoms with Gasteiger partial charge in [-0.2, -0.15) is 9.97 Å². The number of nitrogens with zero attached hydrogens (tertiary/aromatic N) is 8. The largest absolute Gasteiger partial charge is 0.394 e. The van der Waals surface area contributed by atoms with Gasteiger partial charge in [0, 0.05) is 12.8 Å². The average molecular weight is 565 g/mol. The molecule has 2 fully saturated rings. The van der Waals surface area contributed by atoms with Gasteiger partial charge in [0.25, 0.3) is 0 Å². The zero-order valence-corrected chi connectivity index (χ0v) is 21.2. The van der Waals surface area contributed by atoms with Crippen molar-refractivity contribution in [3.8, 4) is 0 Å². The lowest BCUT2D eigenvalue weighted by molar-refractivity contribution is -0.0432. The molecule has 0 aromatic carbocycles. The number of nitrogen functional groups attached to an aromatic ring is 2. The fourth-order valence-electron chi connectivity index (χ4n) is 4.53. The summed E-state index contributed by atoms with van der Waals surface area (Å²) in [6, 6.07) is 0. The second-order valence-corrected chi connectivity index (χ2v) is 10.9. The van der Waals surface area contributed by atoms with Gasteiger partial charge in [-0.05, 0) is 21.6 Å². The lowest BCUT2D eigenvalue weighted by atomic mass is 10.2. The van der Waals surface area contributed by atoms with Crippen LogP contribution in [-0.2, 0) is 9.47 Å². The molecule has 2 aliphatic rings. The monoisotopic (exact) mass is 564 g/mol. The maximum absolute atomic E-state index is 10.1. The van der Waals surface area contributed by atoms with Crippen molar-refractivity contribution in [3.63, 3.8) is 0 Å². The summed E-state index contributed by atoms with van der Waals surface area (Å²) < 4.78 is 14.8. The number of aliphatic hydroxyl groups is 4. The molecule has 6 unspecified atom stereocenters. The standard InChI is InChI=1S/C20H24N10O6S2/c21-19-25-15-13(23-5-29(15)11-1-7(33)9(3-31)35-11)17(27-19)37-38-18-14-16(26-20(22)28-18)30(6-24-14)12-2-8(34)10(4-32)36-12/h5-12,31-34H,1-4H2,(H2,21,25,27)(H2,22,26,28). The summed E-state index contributed by atoms with van der Waals surface area (Å²) in [5.74, 6) is 0.0400. The number of imidazole rings is 2. The first-order valence-electron chi connectivity index (χ1n) is 11.6. The number of hydrogen-bond acceptors (Lipinski definition) is 16. The van der Waals surface area contributed by atoms with Crippen molar-refractivity contribution in [1.82, 2.24) is 39.0 Å². The van der Waals surface area contributed by atoms with E-state index in [1.54, 1.807) is 9.13 Å². The first kappa shape index (κ1) is 25.4. The van der Waals surface area contributed by atoms with E-state index >= 15 is 0 Å². The van der Waals surface area contributed by atoms with Crippen LogP contribution in [0, 0.1) is 0 Å². The van der Waals surface area contributed by atoms with Crippen molar-refractivity contribution in [3.05, 3.63) is 12.7 Å². The Morgan fingerprint density at radius 1 is 0.763 bits per heavy atom. The first-order chi connectivity index (χ1) is 18.4. The molecule has 2 aliphatic heterocycles. The summed E-state index contributed by atoms with van der Waals surface area (Å²) in [6.07, 6.45) is -0.575. The average Bonchev–Trinajstić information content (AvgIpc) is 3.66. The third-order valence-electron chi connectivity index (χ3n) is 6.40. The maximum Gasteiger partial charge on any atom is 0.223 e. The molecule has 0 spiro atoms. The highest BCUT2D eigenvalue weighted by molar-refractivity contribution is 8.76. The van der Waals surface area contributed by atoms with E-state index in [1.165, 1.54) is 34.2 Å². The molecule has 6 atom stereocenters. The molecule has 6 rings (SSSR count). The van der Waals surface area contributed by atoms with Crippen molar-refractivity contribution >= 4 is 55.8 Å². The van der Waals surface area contributed by atoms with Crippen LogP contribution in [0.5, 0.6) is 0 Å². The van der Waals surface area contributed by atoms with Crippen molar-refractivity contribution in [2.24, 2.45) is 0 Å². The summed E-state index contributed by atoms with van der Waals surface area (Å²) in [6.45, 7) is -0.609. The fraction of sp³-hybridized carbons (Fsp3) is 0.500. The Kier molecular flexibility index (Phi) is 6.72. The molecule has 2 saturated heterocycles. The first-order valence-corrected chi connectivity index (χ1v) is 13.7. The van der Waals surface area contributed by atoms with Gasteiger partial charge in [-0.1, -0.05) is 0 Å². The number of nitrogens with two attached hydrogens (primary N) is 2. The lowest BCUT2D eigenvalue weighted by Crippen LogP contribution is -2.24. The van der Waals surface area contributed by atoms with Crippen LogP contribution in [-0.4, -0.2) is 97.1 Å². The van der Waals surface area contributed by atoms with E-state index in [0.717, 1.165) is 0 Å². The lowest BCUT2D eigenvalue weighted by Gasteiger charge is -2.14. The summed E-state index contributed by atoms with van der Waals surface area (Å²) >= 11 is 0. The summed E-state index contributed by atoms with van der Waals surface area (Å²) in [5, 5.41) is 40.0. The predicted octanol–water partition coefficient (Wildman–Crippen LogP) is -0.789. The molecule has 4 aromatic heterocycles. The van der Waals surface area contributed by atoms with Crippen LogP contribution in [0.2, 0.25) is 0 Å². The molecule has 0 radical (unpaired) electrons. The molecule has 16 nitrogen and oxygen atoms in total. The summed E-state index contributed by atoms with van der Waals surface area (Å²) in [5.41, 5.74) is 13.8. The van der Waals surface area contributed by atoms with E-state index in [0.29, 0.717) is 32.4 Å². The Morgan fingerprint density at radius 2 is 1.18 bits per heavy atom. The minimum Gasteiger partial charge on any atom is -0.394 e. The Bertz CT molecular complexity index is 1380. The molecule has 0 saturated carbocycles. The molecular formula is C20H24N10O6S2. The molecule has 6 heterocycles. The molecule has 4 aromatic rings.